The highest BCUT2D eigenvalue weighted by Gasteiger charge is 2.26. The van der Waals surface area contributed by atoms with E-state index in [-0.39, 0.29) is 11.5 Å². The first-order chi connectivity index (χ1) is 16.8. The lowest BCUT2D eigenvalue weighted by atomic mass is 9.97. The molecule has 1 amide bonds. The van der Waals surface area contributed by atoms with Crippen LogP contribution in [0.5, 0.6) is 0 Å². The molecule has 4 rings (SSSR count). The lowest BCUT2D eigenvalue weighted by Gasteiger charge is -2.30. The molecule has 186 valence electrons. The molecule has 8 heteroatoms. The molecular formula is C27H31F2N3OS2. The molecule has 0 saturated carbocycles. The number of benzene rings is 2. The van der Waals surface area contributed by atoms with Crippen molar-refractivity contribution in [2.75, 3.05) is 37.0 Å². The lowest BCUT2D eigenvalue weighted by molar-refractivity contribution is 0.0175. The second-order valence-corrected chi connectivity index (χ2v) is 10.9. The van der Waals surface area contributed by atoms with Gasteiger partial charge in [-0.1, -0.05) is 36.4 Å². The van der Waals surface area contributed by atoms with E-state index in [0.717, 1.165) is 44.4 Å². The summed E-state index contributed by atoms with van der Waals surface area (Å²) in [5.41, 5.74) is 2.23. The predicted octanol–water partition coefficient (Wildman–Crippen LogP) is 7.11. The molecule has 4 nitrogen and oxygen atoms in total. The maximum Gasteiger partial charge on any atom is 0.275 e. The third kappa shape index (κ3) is 6.68. The minimum atomic E-state index is -2.93. The predicted molar refractivity (Wildman–Crippen MR) is 143 cm³/mol. The van der Waals surface area contributed by atoms with Gasteiger partial charge in [-0.3, -0.25) is 4.79 Å². The summed E-state index contributed by atoms with van der Waals surface area (Å²) in [6.45, 7) is 4.18. The summed E-state index contributed by atoms with van der Waals surface area (Å²) in [5.74, 6) is -1.63. The summed E-state index contributed by atoms with van der Waals surface area (Å²) in [4.78, 5) is 20.2. The molecule has 1 aliphatic rings. The first kappa shape index (κ1) is 25.8. The van der Waals surface area contributed by atoms with Crippen LogP contribution in [0.3, 0.4) is 0 Å². The van der Waals surface area contributed by atoms with E-state index in [0.29, 0.717) is 28.4 Å². The van der Waals surface area contributed by atoms with Crippen LogP contribution in [0.1, 0.15) is 53.2 Å². The van der Waals surface area contributed by atoms with Crippen molar-refractivity contribution in [3.63, 3.8) is 0 Å². The van der Waals surface area contributed by atoms with Gasteiger partial charge in [0, 0.05) is 35.0 Å². The summed E-state index contributed by atoms with van der Waals surface area (Å²) < 4.78 is 27.7. The Balaban J connectivity index is 1.42. The Bertz CT molecular complexity index is 1140. The van der Waals surface area contributed by atoms with Crippen molar-refractivity contribution < 1.29 is 13.6 Å². The van der Waals surface area contributed by atoms with Gasteiger partial charge in [0.15, 0.2) is 0 Å². The summed E-state index contributed by atoms with van der Waals surface area (Å²) >= 11 is 3.44. The van der Waals surface area contributed by atoms with Gasteiger partial charge in [0.2, 0.25) is 0 Å². The molecule has 1 fully saturated rings. The Morgan fingerprint density at radius 3 is 2.71 bits per heavy atom. The van der Waals surface area contributed by atoms with E-state index in [9.17, 15) is 13.6 Å². The van der Waals surface area contributed by atoms with Crippen molar-refractivity contribution >= 4 is 34.7 Å². The molecule has 1 N–H and O–H groups in total. The molecule has 0 radical (unpaired) electrons. The number of amides is 1. The number of piperidine rings is 1. The highest BCUT2D eigenvalue weighted by atomic mass is 32.2. The average Bonchev–Trinajstić information content (AvgIpc) is 3.35. The number of para-hydroxylation sites is 1. The maximum absolute atomic E-state index is 13.8. The number of alkyl halides is 2. The van der Waals surface area contributed by atoms with Crippen LogP contribution in [-0.2, 0) is 5.92 Å². The van der Waals surface area contributed by atoms with Gasteiger partial charge >= 0.3 is 0 Å². The fourth-order valence-corrected chi connectivity index (χ4v) is 5.79. The quantitative estimate of drug-likeness (QED) is 0.309. The van der Waals surface area contributed by atoms with Crippen LogP contribution in [0, 0.1) is 0 Å². The number of nitrogens with zero attached hydrogens (tertiary/aromatic N) is 2. The Morgan fingerprint density at radius 2 is 1.97 bits per heavy atom. The number of carbonyl (C=O) groups is 1. The van der Waals surface area contributed by atoms with Gasteiger partial charge in [-0.25, -0.2) is 13.8 Å². The van der Waals surface area contributed by atoms with Crippen LogP contribution in [0.4, 0.5) is 14.5 Å². The first-order valence-corrected chi connectivity index (χ1v) is 14.2. The minimum Gasteiger partial charge on any atom is -0.320 e. The number of likely N-dealkylation sites (tertiary alicyclic amines) is 1. The van der Waals surface area contributed by atoms with Crippen LogP contribution < -0.4 is 5.32 Å². The van der Waals surface area contributed by atoms with E-state index in [2.05, 4.69) is 21.5 Å². The highest BCUT2D eigenvalue weighted by molar-refractivity contribution is 7.98. The molecule has 3 aromatic rings. The number of thioether (sulfide) groups is 1. The third-order valence-electron chi connectivity index (χ3n) is 6.37. The van der Waals surface area contributed by atoms with Gasteiger partial charge in [0.05, 0.1) is 5.01 Å². The number of thiazole rings is 1. The van der Waals surface area contributed by atoms with Crippen LogP contribution in [-0.4, -0.2) is 47.4 Å². The molecular weight excluding hydrogens is 484 g/mol. The average molecular weight is 516 g/mol. The van der Waals surface area contributed by atoms with E-state index in [1.54, 1.807) is 29.5 Å². The van der Waals surface area contributed by atoms with E-state index < -0.39 is 5.92 Å². The van der Waals surface area contributed by atoms with E-state index in [1.165, 1.54) is 24.3 Å². The zero-order valence-corrected chi connectivity index (χ0v) is 21.7. The Hall–Kier alpha value is -2.29. The third-order valence-corrected chi connectivity index (χ3v) is 8.07. The number of carbonyl (C=O) groups excluding carboxylic acids is 1. The number of nitrogens with one attached hydrogen (secondary N) is 1. The molecule has 0 bridgehead atoms. The lowest BCUT2D eigenvalue weighted by Crippen LogP contribution is -2.33. The molecule has 2 heterocycles. The minimum absolute atomic E-state index is 0.0597. The Morgan fingerprint density at radius 1 is 1.20 bits per heavy atom. The van der Waals surface area contributed by atoms with E-state index in [1.807, 2.05) is 35.3 Å². The van der Waals surface area contributed by atoms with E-state index in [4.69, 9.17) is 0 Å². The molecule has 0 atom stereocenters. The number of aromatic nitrogens is 1. The first-order valence-electron chi connectivity index (χ1n) is 11.9. The molecule has 35 heavy (non-hydrogen) atoms. The fourth-order valence-electron chi connectivity index (χ4n) is 4.41. The molecule has 1 saturated heterocycles. The molecule has 0 unspecified atom stereocenters. The van der Waals surface area contributed by atoms with Crippen LogP contribution in [0.25, 0.3) is 11.1 Å². The van der Waals surface area contributed by atoms with Gasteiger partial charge in [-0.05, 0) is 68.6 Å². The zero-order chi connectivity index (χ0) is 24.8. The fraction of sp³-hybridized carbons (Fsp3) is 0.407. The van der Waals surface area contributed by atoms with Crippen molar-refractivity contribution in [2.24, 2.45) is 0 Å². The molecule has 2 aromatic carbocycles. The number of hydrogen-bond acceptors (Lipinski definition) is 5. The Kier molecular flexibility index (Phi) is 8.57. The van der Waals surface area contributed by atoms with Gasteiger partial charge in [-0.2, -0.15) is 11.8 Å². The zero-order valence-electron chi connectivity index (χ0n) is 20.1. The summed E-state index contributed by atoms with van der Waals surface area (Å²) in [6, 6.07) is 13.5. The standard InChI is InChI=1S/C27H31F2N3OS2/c1-27(28,29)21-8-5-7-20(17-21)22-9-3-4-10-23(22)30-25(33)24-18-35-26(31-24)19-11-14-32(15-12-19)13-6-16-34-2/h3-5,7-10,17-19H,6,11-16H2,1-2H3,(H,30,33). The normalized spacial score (nSPS) is 15.3. The number of rotatable bonds is 9. The SMILES string of the molecule is CSCCCN1CCC(c2nc(C(=O)Nc3ccccc3-c3cccc(C(C)(F)F)c3)cs2)CC1. The molecule has 0 spiro atoms. The van der Waals surface area contributed by atoms with Gasteiger partial charge in [0.25, 0.3) is 11.8 Å². The number of hydrogen-bond donors (Lipinski definition) is 1. The number of halogens is 2. The second-order valence-electron chi connectivity index (χ2n) is 9.00. The summed E-state index contributed by atoms with van der Waals surface area (Å²) in [5, 5.41) is 5.78. The maximum atomic E-state index is 13.8. The van der Waals surface area contributed by atoms with Crippen LogP contribution in [0.15, 0.2) is 53.9 Å². The van der Waals surface area contributed by atoms with Gasteiger partial charge in [0.1, 0.15) is 5.69 Å². The van der Waals surface area contributed by atoms with Crippen molar-refractivity contribution in [1.29, 1.82) is 0 Å². The topological polar surface area (TPSA) is 45.2 Å². The highest BCUT2D eigenvalue weighted by Crippen LogP contribution is 2.34. The molecule has 1 aromatic heterocycles. The molecule has 0 aliphatic carbocycles. The monoisotopic (exact) mass is 515 g/mol. The molecule has 1 aliphatic heterocycles. The number of anilines is 1. The van der Waals surface area contributed by atoms with Crippen LogP contribution >= 0.6 is 23.1 Å². The second kappa shape index (κ2) is 11.6. The Labute approximate surface area is 214 Å². The van der Waals surface area contributed by atoms with Crippen LogP contribution in [0.2, 0.25) is 0 Å². The summed E-state index contributed by atoms with van der Waals surface area (Å²) in [7, 11) is 0. The smallest absolute Gasteiger partial charge is 0.275 e. The van der Waals surface area contributed by atoms with E-state index >= 15 is 0 Å². The van der Waals surface area contributed by atoms with Crippen molar-refractivity contribution in [3.8, 4) is 11.1 Å². The van der Waals surface area contributed by atoms with Gasteiger partial charge < -0.3 is 10.2 Å². The summed E-state index contributed by atoms with van der Waals surface area (Å²) in [6.07, 6.45) is 5.50. The van der Waals surface area contributed by atoms with Gasteiger partial charge in [-0.15, -0.1) is 11.3 Å². The van der Waals surface area contributed by atoms with Crippen molar-refractivity contribution in [1.82, 2.24) is 9.88 Å². The largest absolute Gasteiger partial charge is 0.320 e. The van der Waals surface area contributed by atoms with Crippen molar-refractivity contribution in [3.05, 3.63) is 70.2 Å². The van der Waals surface area contributed by atoms with Crippen molar-refractivity contribution in [2.45, 2.75) is 38.0 Å².